The summed E-state index contributed by atoms with van der Waals surface area (Å²) in [6, 6.07) is 10.1. The van der Waals surface area contributed by atoms with Crippen LogP contribution >= 0.6 is 0 Å². The minimum atomic E-state index is -1.22. The number of carbonyl (C=O) groups excluding carboxylic acids is 1. The Balaban J connectivity index is 1.27. The van der Waals surface area contributed by atoms with Crippen LogP contribution in [0.4, 0.5) is 0 Å². The van der Waals surface area contributed by atoms with Crippen LogP contribution in [0.15, 0.2) is 30.3 Å². The maximum Gasteiger partial charge on any atom is 0.252 e. The number of nitrogens with zero attached hydrogens (tertiary/aromatic N) is 5. The summed E-state index contributed by atoms with van der Waals surface area (Å²) >= 11 is 0. The molecule has 1 aliphatic carbocycles. The summed E-state index contributed by atoms with van der Waals surface area (Å²) < 4.78 is 0. The van der Waals surface area contributed by atoms with Crippen LogP contribution in [0.2, 0.25) is 0 Å². The highest BCUT2D eigenvalue weighted by Gasteiger charge is 2.40. The van der Waals surface area contributed by atoms with Crippen LogP contribution in [-0.4, -0.2) is 67.4 Å². The van der Waals surface area contributed by atoms with Crippen molar-refractivity contribution in [3.63, 3.8) is 0 Å². The molecule has 0 bridgehead atoms. The molecule has 162 valence electrons. The number of hydrogen-bond acceptors (Lipinski definition) is 6. The van der Waals surface area contributed by atoms with Crippen molar-refractivity contribution < 1.29 is 9.90 Å². The number of amides is 1. The molecule has 8 heteroatoms. The average Bonchev–Trinajstić information content (AvgIpc) is 3.27. The van der Waals surface area contributed by atoms with E-state index in [0.717, 1.165) is 57.3 Å². The Bertz CT molecular complexity index is 823. The lowest BCUT2D eigenvalue weighted by atomic mass is 9.87. The molecular weight excluding hydrogens is 380 g/mol. The highest BCUT2D eigenvalue weighted by molar-refractivity contribution is 5.85. The molecule has 2 heterocycles. The van der Waals surface area contributed by atoms with E-state index in [1.807, 2.05) is 30.3 Å². The number of hydrogen-bond donors (Lipinski definition) is 2. The first-order valence-corrected chi connectivity index (χ1v) is 11.2. The van der Waals surface area contributed by atoms with Gasteiger partial charge in [0.15, 0.2) is 0 Å². The molecule has 0 unspecified atom stereocenters. The second kappa shape index (κ2) is 9.22. The predicted octanol–water partition coefficient (Wildman–Crippen LogP) is 2.18. The predicted molar refractivity (Wildman–Crippen MR) is 114 cm³/mol. The number of piperidine rings is 1. The Hall–Kier alpha value is -2.32. The van der Waals surface area contributed by atoms with E-state index in [0.29, 0.717) is 18.7 Å². The second-order valence-electron chi connectivity index (χ2n) is 8.65. The number of aliphatic hydroxyl groups is 1. The van der Waals surface area contributed by atoms with Crippen molar-refractivity contribution in [2.24, 2.45) is 0 Å². The molecule has 1 aliphatic heterocycles. The summed E-state index contributed by atoms with van der Waals surface area (Å²) in [5, 5.41) is 26.9. The van der Waals surface area contributed by atoms with E-state index < -0.39 is 5.60 Å². The van der Waals surface area contributed by atoms with E-state index in [9.17, 15) is 9.90 Å². The molecule has 30 heavy (non-hydrogen) atoms. The summed E-state index contributed by atoms with van der Waals surface area (Å²) in [4.78, 5) is 16.8. The molecule has 2 fully saturated rings. The highest BCUT2D eigenvalue weighted by atomic mass is 16.3. The lowest BCUT2D eigenvalue weighted by Crippen LogP contribution is -2.56. The van der Waals surface area contributed by atoms with Crippen LogP contribution in [0.25, 0.3) is 11.4 Å². The fraction of sp³-hybridized carbons (Fsp3) is 0.636. The molecule has 4 rings (SSSR count). The topological polar surface area (TPSA) is 96.2 Å². The van der Waals surface area contributed by atoms with Crippen molar-refractivity contribution in [3.8, 4) is 11.4 Å². The van der Waals surface area contributed by atoms with E-state index in [-0.39, 0.29) is 18.0 Å². The summed E-state index contributed by atoms with van der Waals surface area (Å²) in [5.41, 5.74) is -0.262. The molecule has 2 N–H and O–H groups in total. The molecule has 2 aromatic rings. The molecule has 1 aromatic carbocycles. The van der Waals surface area contributed by atoms with Gasteiger partial charge in [0.05, 0.1) is 6.04 Å². The minimum Gasteiger partial charge on any atom is -0.380 e. The van der Waals surface area contributed by atoms with Crippen molar-refractivity contribution in [2.75, 3.05) is 19.6 Å². The van der Waals surface area contributed by atoms with Crippen LogP contribution in [0.1, 0.15) is 57.9 Å². The first-order chi connectivity index (χ1) is 14.6. The van der Waals surface area contributed by atoms with Crippen LogP contribution in [0, 0.1) is 0 Å². The zero-order valence-corrected chi connectivity index (χ0v) is 17.7. The van der Waals surface area contributed by atoms with Gasteiger partial charge in [-0.3, -0.25) is 4.79 Å². The molecule has 2 aliphatic rings. The Morgan fingerprint density at radius 1 is 1.17 bits per heavy atom. The van der Waals surface area contributed by atoms with Crippen LogP contribution in [-0.2, 0) is 4.79 Å². The van der Waals surface area contributed by atoms with E-state index in [1.54, 1.807) is 4.80 Å². The lowest BCUT2D eigenvalue weighted by molar-refractivity contribution is -0.145. The van der Waals surface area contributed by atoms with E-state index in [4.69, 9.17) is 0 Å². The number of rotatable bonds is 6. The number of benzene rings is 1. The van der Waals surface area contributed by atoms with Gasteiger partial charge in [0.2, 0.25) is 5.82 Å². The fourth-order valence-electron chi connectivity index (χ4n) is 4.54. The highest BCUT2D eigenvalue weighted by Crippen LogP contribution is 2.29. The number of likely N-dealkylation sites (tertiary alicyclic amines) is 1. The van der Waals surface area contributed by atoms with Gasteiger partial charge in [-0.05, 0) is 56.7 Å². The van der Waals surface area contributed by atoms with Crippen molar-refractivity contribution in [1.29, 1.82) is 0 Å². The molecule has 8 nitrogen and oxygen atoms in total. The van der Waals surface area contributed by atoms with Gasteiger partial charge >= 0.3 is 0 Å². The number of carbonyl (C=O) groups is 1. The van der Waals surface area contributed by atoms with Gasteiger partial charge in [-0.15, -0.1) is 10.2 Å². The third kappa shape index (κ3) is 4.70. The van der Waals surface area contributed by atoms with Crippen LogP contribution in [0.5, 0.6) is 0 Å². The van der Waals surface area contributed by atoms with Crippen LogP contribution < -0.4 is 5.32 Å². The summed E-state index contributed by atoms with van der Waals surface area (Å²) in [6.07, 6.45) is 5.61. The molecular formula is C22H32N6O2. The zero-order valence-electron chi connectivity index (χ0n) is 17.7. The largest absolute Gasteiger partial charge is 0.380 e. The first-order valence-electron chi connectivity index (χ1n) is 11.2. The standard InChI is InChI=1S/C22H32N6O2/c1-2-14-27-15-12-22(30,13-16-27)21(29)23-18-8-10-19(11-9-18)28-25-20(24-26-28)17-6-4-3-5-7-17/h3-7,18-19,30H,2,8-16H2,1H3,(H,23,29). The van der Waals surface area contributed by atoms with Gasteiger partial charge in [-0.1, -0.05) is 37.3 Å². The smallest absolute Gasteiger partial charge is 0.252 e. The monoisotopic (exact) mass is 412 g/mol. The second-order valence-corrected chi connectivity index (χ2v) is 8.65. The third-order valence-corrected chi connectivity index (χ3v) is 6.46. The van der Waals surface area contributed by atoms with Crippen molar-refractivity contribution in [1.82, 2.24) is 30.4 Å². The van der Waals surface area contributed by atoms with Crippen molar-refractivity contribution >= 4 is 5.91 Å². The normalized spacial score (nSPS) is 24.5. The maximum atomic E-state index is 12.7. The van der Waals surface area contributed by atoms with Crippen molar-refractivity contribution in [3.05, 3.63) is 30.3 Å². The van der Waals surface area contributed by atoms with Gasteiger partial charge in [0.1, 0.15) is 5.60 Å². The Morgan fingerprint density at radius 3 is 2.53 bits per heavy atom. The molecule has 0 spiro atoms. The summed E-state index contributed by atoms with van der Waals surface area (Å²) in [7, 11) is 0. The quantitative estimate of drug-likeness (QED) is 0.755. The Morgan fingerprint density at radius 2 is 1.87 bits per heavy atom. The van der Waals surface area contributed by atoms with E-state index in [2.05, 4.69) is 32.6 Å². The fourth-order valence-corrected chi connectivity index (χ4v) is 4.54. The van der Waals surface area contributed by atoms with Gasteiger partial charge in [0, 0.05) is 24.7 Å². The van der Waals surface area contributed by atoms with Gasteiger partial charge < -0.3 is 15.3 Å². The minimum absolute atomic E-state index is 0.101. The molecule has 0 atom stereocenters. The van der Waals surface area contributed by atoms with E-state index in [1.165, 1.54) is 0 Å². The number of aromatic nitrogens is 4. The molecule has 1 aromatic heterocycles. The number of tetrazole rings is 1. The Kier molecular flexibility index (Phi) is 6.43. The average molecular weight is 413 g/mol. The SMILES string of the molecule is CCCN1CCC(O)(C(=O)NC2CCC(n3nnc(-c4ccccc4)n3)CC2)CC1. The van der Waals surface area contributed by atoms with Crippen LogP contribution in [0.3, 0.4) is 0 Å². The number of nitrogens with one attached hydrogen (secondary N) is 1. The first kappa shape index (κ1) is 20.9. The third-order valence-electron chi connectivity index (χ3n) is 6.46. The maximum absolute atomic E-state index is 12.7. The molecule has 1 saturated carbocycles. The zero-order chi connectivity index (χ0) is 21.0. The molecule has 1 amide bonds. The van der Waals surface area contributed by atoms with Gasteiger partial charge in [-0.2, -0.15) is 4.80 Å². The van der Waals surface area contributed by atoms with Crippen molar-refractivity contribution in [2.45, 2.75) is 69.6 Å². The lowest BCUT2D eigenvalue weighted by Gasteiger charge is -2.38. The molecule has 0 radical (unpaired) electrons. The van der Waals surface area contributed by atoms with Gasteiger partial charge in [0.25, 0.3) is 5.91 Å². The summed E-state index contributed by atoms with van der Waals surface area (Å²) in [5.74, 6) is 0.440. The Labute approximate surface area is 177 Å². The van der Waals surface area contributed by atoms with Gasteiger partial charge in [-0.25, -0.2) is 0 Å². The molecule has 1 saturated heterocycles. The summed E-state index contributed by atoms with van der Waals surface area (Å²) in [6.45, 7) is 4.75. The van der Waals surface area contributed by atoms with E-state index >= 15 is 0 Å².